The summed E-state index contributed by atoms with van der Waals surface area (Å²) < 4.78 is 18.6. The molecule has 0 saturated heterocycles. The zero-order chi connectivity index (χ0) is 12.8. The van der Waals surface area contributed by atoms with Crippen LogP contribution in [0.5, 0.6) is 5.75 Å². The van der Waals surface area contributed by atoms with Gasteiger partial charge < -0.3 is 15.8 Å². The molecule has 0 aliphatic heterocycles. The predicted molar refractivity (Wildman–Crippen MR) is 66.5 cm³/mol. The Morgan fingerprint density at radius 3 is 2.88 bits per heavy atom. The van der Waals surface area contributed by atoms with E-state index in [1.54, 1.807) is 6.92 Å². The van der Waals surface area contributed by atoms with Crippen LogP contribution < -0.4 is 15.8 Å². The molecule has 0 heterocycles. The first-order chi connectivity index (χ1) is 8.06. The summed E-state index contributed by atoms with van der Waals surface area (Å²) in [4.78, 5) is 11.1. The minimum atomic E-state index is -0.564. The van der Waals surface area contributed by atoms with Gasteiger partial charge in [0, 0.05) is 6.54 Å². The molecule has 0 bridgehead atoms. The quantitative estimate of drug-likeness (QED) is 0.771. The molecule has 4 nitrogen and oxygen atoms in total. The Balaban J connectivity index is 2.81. The SMILES string of the molecule is CCNC(=O)COc1cccc(F)c1C(N)=S. The molecule has 3 N–H and O–H groups in total. The highest BCUT2D eigenvalue weighted by Gasteiger charge is 2.13. The Hall–Kier alpha value is -1.69. The van der Waals surface area contributed by atoms with Crippen LogP contribution in [-0.4, -0.2) is 24.0 Å². The van der Waals surface area contributed by atoms with Gasteiger partial charge in [-0.25, -0.2) is 4.39 Å². The van der Waals surface area contributed by atoms with Gasteiger partial charge in [0.15, 0.2) is 6.61 Å². The molecule has 1 amide bonds. The fourth-order valence-electron chi connectivity index (χ4n) is 1.26. The third-order valence-corrected chi connectivity index (χ3v) is 2.16. The number of hydrogen-bond acceptors (Lipinski definition) is 3. The van der Waals surface area contributed by atoms with Crippen molar-refractivity contribution in [1.82, 2.24) is 5.32 Å². The molecule has 1 aromatic carbocycles. The van der Waals surface area contributed by atoms with Crippen molar-refractivity contribution in [2.45, 2.75) is 6.92 Å². The van der Waals surface area contributed by atoms with Crippen molar-refractivity contribution >= 4 is 23.1 Å². The third-order valence-electron chi connectivity index (χ3n) is 1.95. The molecule has 0 aliphatic carbocycles. The smallest absolute Gasteiger partial charge is 0.257 e. The Morgan fingerprint density at radius 2 is 2.29 bits per heavy atom. The van der Waals surface area contributed by atoms with Crippen molar-refractivity contribution in [2.75, 3.05) is 13.2 Å². The summed E-state index contributed by atoms with van der Waals surface area (Å²) in [6.45, 7) is 2.10. The van der Waals surface area contributed by atoms with Crippen LogP contribution in [0.15, 0.2) is 18.2 Å². The van der Waals surface area contributed by atoms with Crippen molar-refractivity contribution in [3.8, 4) is 5.75 Å². The number of thiocarbonyl (C=S) groups is 1. The molecule has 0 aliphatic rings. The van der Waals surface area contributed by atoms with Crippen LogP contribution in [0.25, 0.3) is 0 Å². The van der Waals surface area contributed by atoms with E-state index in [1.807, 2.05) is 0 Å². The first kappa shape index (κ1) is 13.4. The molecule has 6 heteroatoms. The molecule has 0 saturated carbocycles. The highest BCUT2D eigenvalue weighted by Crippen LogP contribution is 2.21. The summed E-state index contributed by atoms with van der Waals surface area (Å²) in [5.74, 6) is -0.680. The molecular weight excluding hydrogens is 243 g/mol. The maximum absolute atomic E-state index is 13.4. The fraction of sp³-hybridized carbons (Fsp3) is 0.273. The summed E-state index contributed by atoms with van der Waals surface area (Å²) in [7, 11) is 0. The molecule has 1 rings (SSSR count). The van der Waals surface area contributed by atoms with Crippen LogP contribution in [0, 0.1) is 5.82 Å². The van der Waals surface area contributed by atoms with Crippen molar-refractivity contribution in [3.63, 3.8) is 0 Å². The highest BCUT2D eigenvalue weighted by atomic mass is 32.1. The van der Waals surface area contributed by atoms with Gasteiger partial charge in [0.05, 0.1) is 5.56 Å². The van der Waals surface area contributed by atoms with Crippen LogP contribution >= 0.6 is 12.2 Å². The average Bonchev–Trinajstić information content (AvgIpc) is 2.26. The Kier molecular flexibility index (Phi) is 4.84. The second kappa shape index (κ2) is 6.15. The van der Waals surface area contributed by atoms with Gasteiger partial charge in [0.1, 0.15) is 16.6 Å². The van der Waals surface area contributed by atoms with Gasteiger partial charge in [-0.1, -0.05) is 18.3 Å². The van der Waals surface area contributed by atoms with Gasteiger partial charge in [-0.3, -0.25) is 4.79 Å². The molecule has 0 aromatic heterocycles. The molecule has 1 aromatic rings. The van der Waals surface area contributed by atoms with Gasteiger partial charge in [0.2, 0.25) is 0 Å². The lowest BCUT2D eigenvalue weighted by Gasteiger charge is -2.10. The summed E-state index contributed by atoms with van der Waals surface area (Å²) in [5.41, 5.74) is 5.41. The monoisotopic (exact) mass is 256 g/mol. The summed E-state index contributed by atoms with van der Waals surface area (Å²) in [6, 6.07) is 4.20. The highest BCUT2D eigenvalue weighted by molar-refractivity contribution is 7.80. The lowest BCUT2D eigenvalue weighted by Crippen LogP contribution is -2.29. The lowest BCUT2D eigenvalue weighted by atomic mass is 10.2. The minimum absolute atomic E-state index is 0.0202. The third kappa shape index (κ3) is 3.67. The van der Waals surface area contributed by atoms with Crippen molar-refractivity contribution in [1.29, 1.82) is 0 Å². The summed E-state index contributed by atoms with van der Waals surface area (Å²) in [5, 5.41) is 2.56. The van der Waals surface area contributed by atoms with Gasteiger partial charge in [-0.15, -0.1) is 0 Å². The van der Waals surface area contributed by atoms with E-state index in [1.165, 1.54) is 18.2 Å². The Bertz CT molecular complexity index is 437. The Morgan fingerprint density at radius 1 is 1.59 bits per heavy atom. The number of nitrogens with two attached hydrogens (primary N) is 1. The van der Waals surface area contributed by atoms with Crippen LogP contribution in [0.4, 0.5) is 4.39 Å². The van der Waals surface area contributed by atoms with Gasteiger partial charge in [0.25, 0.3) is 5.91 Å². The molecule has 0 radical (unpaired) electrons. The lowest BCUT2D eigenvalue weighted by molar-refractivity contribution is -0.122. The standard InChI is InChI=1S/C11H13FN2O2S/c1-2-14-9(15)6-16-8-5-3-4-7(12)10(8)11(13)17/h3-5H,2,6H2,1H3,(H2,13,17)(H,14,15). The number of amides is 1. The van der Waals surface area contributed by atoms with E-state index >= 15 is 0 Å². The average molecular weight is 256 g/mol. The molecule has 0 fully saturated rings. The van der Waals surface area contributed by atoms with E-state index in [4.69, 9.17) is 22.7 Å². The van der Waals surface area contributed by atoms with E-state index in [9.17, 15) is 9.18 Å². The van der Waals surface area contributed by atoms with Crippen LogP contribution in [-0.2, 0) is 4.79 Å². The fourth-order valence-corrected chi connectivity index (χ4v) is 1.45. The normalized spacial score (nSPS) is 9.76. The second-order valence-corrected chi connectivity index (χ2v) is 3.66. The molecule has 0 atom stereocenters. The second-order valence-electron chi connectivity index (χ2n) is 3.22. The number of benzene rings is 1. The molecular formula is C11H13FN2O2S. The maximum Gasteiger partial charge on any atom is 0.257 e. The zero-order valence-electron chi connectivity index (χ0n) is 9.33. The predicted octanol–water partition coefficient (Wildman–Crippen LogP) is 0.975. The van der Waals surface area contributed by atoms with E-state index in [2.05, 4.69) is 5.32 Å². The number of ether oxygens (including phenoxy) is 1. The summed E-state index contributed by atoms with van der Waals surface area (Å²) in [6.07, 6.45) is 0. The molecule has 17 heavy (non-hydrogen) atoms. The topological polar surface area (TPSA) is 64.3 Å². The van der Waals surface area contributed by atoms with E-state index in [0.717, 1.165) is 0 Å². The van der Waals surface area contributed by atoms with Crippen molar-refractivity contribution in [2.24, 2.45) is 5.73 Å². The number of rotatable bonds is 5. The zero-order valence-corrected chi connectivity index (χ0v) is 10.1. The minimum Gasteiger partial charge on any atom is -0.483 e. The van der Waals surface area contributed by atoms with Gasteiger partial charge >= 0.3 is 0 Å². The van der Waals surface area contributed by atoms with Crippen molar-refractivity contribution in [3.05, 3.63) is 29.6 Å². The van der Waals surface area contributed by atoms with Crippen LogP contribution in [0.3, 0.4) is 0 Å². The first-order valence-corrected chi connectivity index (χ1v) is 5.45. The largest absolute Gasteiger partial charge is 0.483 e. The number of carbonyl (C=O) groups excluding carboxylic acids is 1. The van der Waals surface area contributed by atoms with Crippen LogP contribution in [0.2, 0.25) is 0 Å². The molecule has 92 valence electrons. The number of halogens is 1. The summed E-state index contributed by atoms with van der Waals surface area (Å²) >= 11 is 4.73. The Labute approximate surface area is 104 Å². The maximum atomic E-state index is 13.4. The number of hydrogen-bond donors (Lipinski definition) is 2. The molecule has 0 unspecified atom stereocenters. The molecule has 0 spiro atoms. The van der Waals surface area contributed by atoms with Gasteiger partial charge in [-0.05, 0) is 19.1 Å². The van der Waals surface area contributed by atoms with Crippen LogP contribution in [0.1, 0.15) is 12.5 Å². The van der Waals surface area contributed by atoms with E-state index < -0.39 is 5.82 Å². The number of carbonyl (C=O) groups is 1. The number of nitrogens with one attached hydrogen (secondary N) is 1. The van der Waals surface area contributed by atoms with Gasteiger partial charge in [-0.2, -0.15) is 0 Å². The van der Waals surface area contributed by atoms with E-state index in [0.29, 0.717) is 6.54 Å². The van der Waals surface area contributed by atoms with E-state index in [-0.39, 0.29) is 28.8 Å². The first-order valence-electron chi connectivity index (χ1n) is 5.04. The number of likely N-dealkylation sites (N-methyl/N-ethyl adjacent to an activating group) is 1. The van der Waals surface area contributed by atoms with Crippen molar-refractivity contribution < 1.29 is 13.9 Å².